The molecule has 0 aromatic rings. The van der Waals surface area contributed by atoms with Gasteiger partial charge in [-0.05, 0) is 6.92 Å². The lowest BCUT2D eigenvalue weighted by Gasteiger charge is -2.50. The van der Waals surface area contributed by atoms with Crippen LogP contribution >= 0.6 is 0 Å². The SMILES string of the molecule is CC(=O)NC1C(OC23OC(C)[C@@H](OC(C)=O)C(OC(C)=O)C2C3OC(C)=O)[C@H](O[C@@H]2OC(COC(C)=O)[C@]3(OC(C)=O)C(OC(C)=O)C3C2OC(C)=O)C(COC(C)=O)O[C@H]1OC1C2C(OC(C)=O)[C@@]2(OC(C)=O)C(COC(C)=O)O[C@@H]1F. The molecule has 3 aliphatic carbocycles. The second-order valence-electron chi connectivity index (χ2n) is 20.8. The topological polar surface area (TPSA) is 383 Å². The van der Waals surface area contributed by atoms with Crippen molar-refractivity contribution in [1.29, 1.82) is 0 Å². The molecule has 4 aliphatic heterocycles. The van der Waals surface area contributed by atoms with Crippen molar-refractivity contribution in [1.82, 2.24) is 5.32 Å². The summed E-state index contributed by atoms with van der Waals surface area (Å²) < 4.78 is 124. The second kappa shape index (κ2) is 24.9. The molecule has 16 unspecified atom stereocenters. The number of ether oxygens (including phenoxy) is 18. The molecule has 0 spiro atoms. The monoisotopic (exact) mass is 1190 g/mol. The molecule has 0 aromatic heterocycles. The molecule has 7 aliphatic rings. The minimum atomic E-state index is -2.62. The van der Waals surface area contributed by atoms with Crippen LogP contribution in [0.2, 0.25) is 0 Å². The maximum absolute atomic E-state index is 17.1. The third-order valence-corrected chi connectivity index (χ3v) is 14.5. The number of fused-ring (bicyclic) bond motifs is 3. The van der Waals surface area contributed by atoms with E-state index in [9.17, 15) is 57.5 Å². The second-order valence-corrected chi connectivity index (χ2v) is 20.8. The molecule has 7 rings (SSSR count). The van der Waals surface area contributed by atoms with Crippen LogP contribution in [0.5, 0.6) is 0 Å². The zero-order valence-corrected chi connectivity index (χ0v) is 47.3. The van der Waals surface area contributed by atoms with Gasteiger partial charge in [-0.1, -0.05) is 0 Å². The van der Waals surface area contributed by atoms with Crippen LogP contribution in [0.25, 0.3) is 0 Å². The summed E-state index contributed by atoms with van der Waals surface area (Å²) in [5.74, 6) is -17.9. The summed E-state index contributed by atoms with van der Waals surface area (Å²) in [6.45, 7) is 11.2. The Balaban J connectivity index is 1.42. The van der Waals surface area contributed by atoms with Crippen LogP contribution in [0.15, 0.2) is 0 Å². The molecule has 462 valence electrons. The van der Waals surface area contributed by atoms with Crippen molar-refractivity contribution in [2.24, 2.45) is 17.8 Å². The van der Waals surface area contributed by atoms with Crippen molar-refractivity contribution >= 4 is 71.6 Å². The predicted molar refractivity (Wildman–Crippen MR) is 255 cm³/mol. The summed E-state index contributed by atoms with van der Waals surface area (Å²) in [6.07, 6.45) is -28.7. The number of amides is 1. The van der Waals surface area contributed by atoms with Gasteiger partial charge in [-0.2, -0.15) is 0 Å². The van der Waals surface area contributed by atoms with Crippen LogP contribution in [0.1, 0.15) is 90.0 Å². The fourth-order valence-corrected chi connectivity index (χ4v) is 11.8. The third-order valence-electron chi connectivity index (χ3n) is 14.5. The van der Waals surface area contributed by atoms with Gasteiger partial charge in [-0.15, -0.1) is 0 Å². The molecule has 31 nitrogen and oxygen atoms in total. The Labute approximate surface area is 472 Å². The maximum atomic E-state index is 17.1. The lowest BCUT2D eigenvalue weighted by molar-refractivity contribution is -0.375. The van der Waals surface area contributed by atoms with Crippen LogP contribution in [-0.2, 0) is 143 Å². The number of carbonyl (C=O) groups excluding carboxylic acids is 12. The van der Waals surface area contributed by atoms with E-state index in [0.29, 0.717) is 0 Å². The van der Waals surface area contributed by atoms with Gasteiger partial charge in [0.25, 0.3) is 0 Å². The van der Waals surface area contributed by atoms with Gasteiger partial charge in [0.1, 0.15) is 68.4 Å². The predicted octanol–water partition coefficient (Wildman–Crippen LogP) is -1.32. The molecule has 3 saturated carbocycles. The largest absolute Gasteiger partial charge is 0.463 e. The molecule has 32 heteroatoms. The Morgan fingerprint density at radius 1 is 0.434 bits per heavy atom. The molecule has 23 atom stereocenters. The maximum Gasteiger partial charge on any atom is 0.303 e. The molecule has 7 fully saturated rings. The highest BCUT2D eigenvalue weighted by Crippen LogP contribution is 2.63. The highest BCUT2D eigenvalue weighted by atomic mass is 19.1. The Hall–Kier alpha value is -6.71. The molecular formula is C51H66FNO30. The highest BCUT2D eigenvalue weighted by Gasteiger charge is 2.85. The Bertz CT molecular complexity index is 2600. The third kappa shape index (κ3) is 13.3. The van der Waals surface area contributed by atoms with E-state index in [2.05, 4.69) is 5.32 Å². The van der Waals surface area contributed by atoms with Crippen molar-refractivity contribution < 1.29 is 147 Å². The first-order chi connectivity index (χ1) is 38.8. The standard InChI is InChI=1S/C51H66FNO30/c1-17-37(69-22(6)58)39(70-23(7)59)35-45(74-27(11)63)51(35,80-17)83-42-36(53-18(2)54)47(79-40-33-43(72-25(9)61)49(33,81-28(12)64)31(76-46(40)52)15-67-20(4)56)75-30(14-66-19(3)55)38(42)78-48-41(71-24(8)60)34-44(73-26(10)62)50(34,82-29(13)65)32(77-48)16-68-21(5)57/h17,30-48H,14-16H2,1-13H3,(H,53,54)/t17?,30?,31?,32?,33?,34?,35?,36?,37-,38-,39?,40?,41?,42?,43?,44?,45?,46+,47+,48+,49-,50-,51?/m1/s1. The summed E-state index contributed by atoms with van der Waals surface area (Å²) >= 11 is 0. The molecule has 83 heavy (non-hydrogen) atoms. The van der Waals surface area contributed by atoms with E-state index in [1.54, 1.807) is 0 Å². The molecule has 0 aromatic carbocycles. The lowest BCUT2D eigenvalue weighted by atomic mass is 9.94. The van der Waals surface area contributed by atoms with Gasteiger partial charge in [0.2, 0.25) is 18.1 Å². The zero-order chi connectivity index (χ0) is 61.5. The summed E-state index contributed by atoms with van der Waals surface area (Å²) in [6, 6.07) is -1.93. The number of halogens is 1. The van der Waals surface area contributed by atoms with Crippen LogP contribution in [-0.4, -0.2) is 213 Å². The van der Waals surface area contributed by atoms with Gasteiger partial charge < -0.3 is 90.6 Å². The van der Waals surface area contributed by atoms with E-state index in [0.717, 1.165) is 83.1 Å². The molecule has 4 saturated heterocycles. The van der Waals surface area contributed by atoms with Crippen molar-refractivity contribution in [2.75, 3.05) is 19.8 Å². The number of hydrogen-bond donors (Lipinski definition) is 1. The number of rotatable bonds is 21. The minimum absolute atomic E-state index is 0.737. The van der Waals surface area contributed by atoms with E-state index in [-0.39, 0.29) is 0 Å². The van der Waals surface area contributed by atoms with Crippen LogP contribution < -0.4 is 5.32 Å². The highest BCUT2D eigenvalue weighted by molar-refractivity contribution is 5.74. The Morgan fingerprint density at radius 2 is 0.867 bits per heavy atom. The fraction of sp³-hybridized carbons (Fsp3) is 0.765. The average Bonchev–Trinajstić information content (AvgIpc) is 1.57. The van der Waals surface area contributed by atoms with Gasteiger partial charge in [0, 0.05) is 83.1 Å². The number of hydrogen-bond acceptors (Lipinski definition) is 30. The Kier molecular flexibility index (Phi) is 19.1. The van der Waals surface area contributed by atoms with Crippen molar-refractivity contribution in [3.8, 4) is 0 Å². The first-order valence-electron chi connectivity index (χ1n) is 26.2. The van der Waals surface area contributed by atoms with Crippen molar-refractivity contribution in [3.63, 3.8) is 0 Å². The molecule has 0 radical (unpaired) electrons. The zero-order valence-electron chi connectivity index (χ0n) is 47.3. The van der Waals surface area contributed by atoms with E-state index in [1.165, 1.54) is 6.92 Å². The van der Waals surface area contributed by atoms with Crippen molar-refractivity contribution in [3.05, 3.63) is 0 Å². The van der Waals surface area contributed by atoms with E-state index in [1.807, 2.05) is 0 Å². The number of carbonyl (C=O) groups is 12. The normalized spacial score (nSPS) is 39.5. The minimum Gasteiger partial charge on any atom is -0.463 e. The number of esters is 11. The van der Waals surface area contributed by atoms with Crippen LogP contribution in [0, 0.1) is 17.8 Å². The van der Waals surface area contributed by atoms with E-state index in [4.69, 9.17) is 85.3 Å². The first kappa shape index (κ1) is 63.9. The van der Waals surface area contributed by atoms with E-state index >= 15 is 4.39 Å². The molecule has 4 heterocycles. The first-order valence-corrected chi connectivity index (χ1v) is 26.2. The van der Waals surface area contributed by atoms with Gasteiger partial charge >= 0.3 is 65.7 Å². The molecule has 1 N–H and O–H groups in total. The van der Waals surface area contributed by atoms with Gasteiger partial charge in [-0.25, -0.2) is 4.39 Å². The summed E-state index contributed by atoms with van der Waals surface area (Å²) in [4.78, 5) is 153. The summed E-state index contributed by atoms with van der Waals surface area (Å²) in [5.41, 5.74) is -4.16. The molecular weight excluding hydrogens is 1130 g/mol. The smallest absolute Gasteiger partial charge is 0.303 e. The Morgan fingerprint density at radius 3 is 1.34 bits per heavy atom. The summed E-state index contributed by atoms with van der Waals surface area (Å²) in [7, 11) is 0. The average molecular weight is 1190 g/mol. The van der Waals surface area contributed by atoms with Crippen LogP contribution in [0.4, 0.5) is 4.39 Å². The van der Waals surface area contributed by atoms with Gasteiger partial charge in [-0.3, -0.25) is 57.5 Å². The van der Waals surface area contributed by atoms with E-state index < -0.39 is 230 Å². The number of nitrogens with one attached hydrogen (secondary N) is 1. The van der Waals surface area contributed by atoms with Crippen molar-refractivity contribution in [2.45, 2.75) is 211 Å². The number of alkyl halides is 1. The molecule has 1 amide bonds. The van der Waals surface area contributed by atoms with Crippen LogP contribution in [0.3, 0.4) is 0 Å². The van der Waals surface area contributed by atoms with Gasteiger partial charge in [0.15, 0.2) is 60.4 Å². The molecule has 0 bridgehead atoms. The quantitative estimate of drug-likeness (QED) is 0.103. The summed E-state index contributed by atoms with van der Waals surface area (Å²) in [5, 5.41) is 2.61. The lowest BCUT2D eigenvalue weighted by Crippen LogP contribution is -2.69. The van der Waals surface area contributed by atoms with Gasteiger partial charge in [0.05, 0.1) is 17.9 Å². The fourth-order valence-electron chi connectivity index (χ4n) is 11.8.